The molecule has 0 bridgehead atoms. The Morgan fingerprint density at radius 1 is 1.28 bits per heavy atom. The van der Waals surface area contributed by atoms with Crippen molar-refractivity contribution in [1.82, 2.24) is 10.3 Å². The van der Waals surface area contributed by atoms with Gasteiger partial charge in [-0.1, -0.05) is 19.1 Å². The molecule has 1 heterocycles. The van der Waals surface area contributed by atoms with Crippen LogP contribution in [0.3, 0.4) is 0 Å². The molecule has 5 heteroatoms. The third-order valence-corrected chi connectivity index (χ3v) is 4.68. The first kappa shape index (κ1) is 13.1. The number of aromatic nitrogens is 1. The summed E-state index contributed by atoms with van der Waals surface area (Å²) in [7, 11) is -2.87. The largest absolute Gasteiger partial charge is 0.361 e. The molecule has 2 aromatic rings. The minimum absolute atomic E-state index is 0.203. The van der Waals surface area contributed by atoms with Crippen molar-refractivity contribution in [3.05, 3.63) is 36.0 Å². The summed E-state index contributed by atoms with van der Waals surface area (Å²) in [6, 6.07) is 8.22. The predicted molar refractivity (Wildman–Crippen MR) is 74.3 cm³/mol. The van der Waals surface area contributed by atoms with E-state index in [0.29, 0.717) is 13.1 Å². The molecule has 1 aromatic heterocycles. The zero-order chi connectivity index (χ0) is 13.0. The lowest BCUT2D eigenvalue weighted by molar-refractivity contribution is 0.592. The minimum Gasteiger partial charge on any atom is -0.361 e. The first-order valence-corrected chi connectivity index (χ1v) is 7.90. The van der Waals surface area contributed by atoms with Crippen LogP contribution in [0.4, 0.5) is 0 Å². The van der Waals surface area contributed by atoms with Crippen LogP contribution in [-0.4, -0.2) is 31.5 Å². The first-order chi connectivity index (χ1) is 8.61. The van der Waals surface area contributed by atoms with Gasteiger partial charge in [-0.15, -0.1) is 0 Å². The van der Waals surface area contributed by atoms with E-state index in [2.05, 4.69) is 28.5 Å². The Bertz CT molecular complexity index is 617. The molecule has 0 atom stereocenters. The van der Waals surface area contributed by atoms with E-state index in [4.69, 9.17) is 0 Å². The maximum absolute atomic E-state index is 11.3. The van der Waals surface area contributed by atoms with E-state index in [1.165, 1.54) is 5.39 Å². The molecular formula is C13H18N2O2S. The van der Waals surface area contributed by atoms with Gasteiger partial charge in [0.1, 0.15) is 0 Å². The monoisotopic (exact) mass is 266 g/mol. The van der Waals surface area contributed by atoms with Crippen molar-refractivity contribution in [2.45, 2.75) is 13.5 Å². The lowest BCUT2D eigenvalue weighted by Crippen LogP contribution is -2.23. The van der Waals surface area contributed by atoms with Gasteiger partial charge in [0.05, 0.1) is 5.75 Å². The van der Waals surface area contributed by atoms with E-state index in [-0.39, 0.29) is 11.5 Å². The lowest BCUT2D eigenvalue weighted by atomic mass is 10.1. The van der Waals surface area contributed by atoms with Crippen molar-refractivity contribution in [3.8, 4) is 0 Å². The van der Waals surface area contributed by atoms with E-state index in [0.717, 1.165) is 11.1 Å². The number of hydrogen-bond donors (Lipinski definition) is 2. The number of aromatic amines is 1. The summed E-state index contributed by atoms with van der Waals surface area (Å²) in [5, 5.41) is 4.34. The Hall–Kier alpha value is -1.33. The highest BCUT2D eigenvalue weighted by Crippen LogP contribution is 2.13. The van der Waals surface area contributed by atoms with Gasteiger partial charge in [0.25, 0.3) is 0 Å². The van der Waals surface area contributed by atoms with Gasteiger partial charge in [0.15, 0.2) is 9.84 Å². The molecule has 0 saturated carbocycles. The van der Waals surface area contributed by atoms with Crippen LogP contribution in [0.15, 0.2) is 30.5 Å². The smallest absolute Gasteiger partial charge is 0.151 e. The molecule has 0 amide bonds. The Balaban J connectivity index is 1.86. The molecular weight excluding hydrogens is 248 g/mol. The van der Waals surface area contributed by atoms with Crippen LogP contribution in [-0.2, 0) is 16.4 Å². The van der Waals surface area contributed by atoms with Crippen molar-refractivity contribution >= 4 is 20.7 Å². The molecule has 0 aliphatic carbocycles. The zero-order valence-corrected chi connectivity index (χ0v) is 11.3. The molecule has 0 fully saturated rings. The zero-order valence-electron chi connectivity index (χ0n) is 10.4. The number of hydrogen-bond acceptors (Lipinski definition) is 3. The molecule has 0 unspecified atom stereocenters. The lowest BCUT2D eigenvalue weighted by Gasteiger charge is -2.05. The second kappa shape index (κ2) is 5.54. The fourth-order valence-corrected chi connectivity index (χ4v) is 2.55. The highest BCUT2D eigenvalue weighted by atomic mass is 32.2. The third kappa shape index (κ3) is 3.34. The molecule has 2 rings (SSSR count). The van der Waals surface area contributed by atoms with E-state index in [1.807, 2.05) is 12.3 Å². The highest BCUT2D eigenvalue weighted by molar-refractivity contribution is 7.91. The topological polar surface area (TPSA) is 62.0 Å². The molecule has 0 saturated heterocycles. The second-order valence-electron chi connectivity index (χ2n) is 4.31. The van der Waals surface area contributed by atoms with Gasteiger partial charge in [-0.2, -0.15) is 0 Å². The van der Waals surface area contributed by atoms with Gasteiger partial charge in [-0.3, -0.25) is 0 Å². The first-order valence-electron chi connectivity index (χ1n) is 6.08. The van der Waals surface area contributed by atoms with E-state index < -0.39 is 9.84 Å². The summed E-state index contributed by atoms with van der Waals surface area (Å²) >= 11 is 0. The van der Waals surface area contributed by atoms with Crippen molar-refractivity contribution in [2.75, 3.05) is 18.1 Å². The molecule has 4 nitrogen and oxygen atoms in total. The van der Waals surface area contributed by atoms with Gasteiger partial charge in [-0.25, -0.2) is 8.42 Å². The van der Waals surface area contributed by atoms with E-state index in [9.17, 15) is 8.42 Å². The summed E-state index contributed by atoms with van der Waals surface area (Å²) < 4.78 is 22.6. The maximum Gasteiger partial charge on any atom is 0.151 e. The number of rotatable bonds is 6. The van der Waals surface area contributed by atoms with Gasteiger partial charge in [0.2, 0.25) is 0 Å². The maximum atomic E-state index is 11.3. The van der Waals surface area contributed by atoms with Crippen LogP contribution in [0.5, 0.6) is 0 Å². The van der Waals surface area contributed by atoms with Crippen molar-refractivity contribution in [1.29, 1.82) is 0 Å². The van der Waals surface area contributed by atoms with Gasteiger partial charge >= 0.3 is 0 Å². The summed E-state index contributed by atoms with van der Waals surface area (Å²) in [5.74, 6) is 0.414. The normalized spacial score (nSPS) is 12.1. The molecule has 1 aromatic carbocycles. The van der Waals surface area contributed by atoms with E-state index in [1.54, 1.807) is 6.92 Å². The average Bonchev–Trinajstić information content (AvgIpc) is 2.82. The van der Waals surface area contributed by atoms with Gasteiger partial charge < -0.3 is 10.3 Å². The number of fused-ring (bicyclic) bond motifs is 1. The van der Waals surface area contributed by atoms with Crippen LogP contribution < -0.4 is 5.32 Å². The fourth-order valence-electron chi connectivity index (χ4n) is 1.81. The fraction of sp³-hybridized carbons (Fsp3) is 0.385. The minimum atomic E-state index is -2.87. The molecule has 0 spiro atoms. The average molecular weight is 266 g/mol. The Morgan fingerprint density at radius 3 is 2.89 bits per heavy atom. The molecule has 0 aliphatic heterocycles. The summed E-state index contributed by atoms with van der Waals surface area (Å²) in [6.45, 7) is 2.86. The summed E-state index contributed by atoms with van der Waals surface area (Å²) in [4.78, 5) is 3.16. The van der Waals surface area contributed by atoms with Crippen LogP contribution in [0.25, 0.3) is 10.9 Å². The van der Waals surface area contributed by atoms with E-state index >= 15 is 0 Å². The quantitative estimate of drug-likeness (QED) is 0.782. The molecule has 98 valence electrons. The molecule has 2 N–H and O–H groups in total. The van der Waals surface area contributed by atoms with Gasteiger partial charge in [-0.05, 0) is 23.1 Å². The number of benzene rings is 1. The van der Waals surface area contributed by atoms with Crippen LogP contribution >= 0.6 is 0 Å². The van der Waals surface area contributed by atoms with Crippen LogP contribution in [0.1, 0.15) is 12.5 Å². The molecule has 0 radical (unpaired) electrons. The van der Waals surface area contributed by atoms with Crippen molar-refractivity contribution in [2.24, 2.45) is 0 Å². The SMILES string of the molecule is CCS(=O)(=O)CCNCc1ccc2cc[nH]c2c1. The van der Waals surface area contributed by atoms with Crippen LogP contribution in [0.2, 0.25) is 0 Å². The van der Waals surface area contributed by atoms with Gasteiger partial charge in [0, 0.05) is 30.6 Å². The Kier molecular flexibility index (Phi) is 4.04. The Labute approximate surface area is 107 Å². The number of H-pyrrole nitrogens is 1. The molecule has 18 heavy (non-hydrogen) atoms. The summed E-state index contributed by atoms with van der Waals surface area (Å²) in [6.07, 6.45) is 1.91. The molecule has 0 aliphatic rings. The number of nitrogens with one attached hydrogen (secondary N) is 2. The Morgan fingerprint density at radius 2 is 2.11 bits per heavy atom. The highest BCUT2D eigenvalue weighted by Gasteiger charge is 2.06. The van der Waals surface area contributed by atoms with Crippen molar-refractivity contribution < 1.29 is 8.42 Å². The predicted octanol–water partition coefficient (Wildman–Crippen LogP) is 1.69. The number of sulfone groups is 1. The standard InChI is InChI=1S/C13H18N2O2S/c1-2-18(16,17)8-7-14-10-11-3-4-12-5-6-15-13(12)9-11/h3-6,9,14-15H,2,7-8,10H2,1H3. The third-order valence-electron chi connectivity index (χ3n) is 2.98. The second-order valence-corrected chi connectivity index (χ2v) is 6.79. The van der Waals surface area contributed by atoms with Crippen LogP contribution in [0, 0.1) is 0 Å². The van der Waals surface area contributed by atoms with Crippen molar-refractivity contribution in [3.63, 3.8) is 0 Å². The summed E-state index contributed by atoms with van der Waals surface area (Å²) in [5.41, 5.74) is 2.26.